The van der Waals surface area contributed by atoms with Crippen molar-refractivity contribution in [1.29, 1.82) is 0 Å². The number of methoxy groups -OCH3 is 1. The Balaban J connectivity index is 1.76. The van der Waals surface area contributed by atoms with Crippen LogP contribution in [0.5, 0.6) is 5.75 Å². The Labute approximate surface area is 179 Å². The van der Waals surface area contributed by atoms with Crippen molar-refractivity contribution in [3.63, 3.8) is 0 Å². The predicted molar refractivity (Wildman–Crippen MR) is 120 cm³/mol. The minimum Gasteiger partial charge on any atom is -0.497 e. The molecule has 0 spiro atoms. The average Bonchev–Trinajstić information content (AvgIpc) is 3.35. The van der Waals surface area contributed by atoms with Gasteiger partial charge in [-0.25, -0.2) is 9.78 Å². The summed E-state index contributed by atoms with van der Waals surface area (Å²) in [5.41, 5.74) is 5.93. The number of benzene rings is 2. The smallest absolute Gasteiger partial charge is 0.337 e. The van der Waals surface area contributed by atoms with Crippen LogP contribution < -0.4 is 4.74 Å². The van der Waals surface area contributed by atoms with Crippen molar-refractivity contribution >= 4 is 17.3 Å². The molecule has 0 aliphatic rings. The molecule has 30 heavy (non-hydrogen) atoms. The fourth-order valence-electron chi connectivity index (χ4n) is 3.49. The normalized spacial score (nSPS) is 10.9. The third-order valence-corrected chi connectivity index (χ3v) is 6.18. The number of aromatic nitrogens is 2. The van der Waals surface area contributed by atoms with Crippen LogP contribution in [0.1, 0.15) is 27.2 Å². The van der Waals surface area contributed by atoms with E-state index in [1.54, 1.807) is 13.2 Å². The number of nitrogens with zero attached hydrogens (tertiary/aromatic N) is 2. The van der Waals surface area contributed by atoms with Crippen LogP contribution in [0.15, 0.2) is 60.0 Å². The number of thiazole rings is 1. The molecule has 1 N–H and O–H groups in total. The zero-order valence-electron chi connectivity index (χ0n) is 17.0. The van der Waals surface area contributed by atoms with Gasteiger partial charge in [-0.05, 0) is 55.3 Å². The third-order valence-electron chi connectivity index (χ3n) is 5.29. The summed E-state index contributed by atoms with van der Waals surface area (Å²) in [5, 5.41) is 12.5. The summed E-state index contributed by atoms with van der Waals surface area (Å²) in [5.74, 6) is -0.132. The quantitative estimate of drug-likeness (QED) is 0.439. The molecule has 4 aromatic rings. The number of hydrogen-bond donors (Lipinski definition) is 1. The lowest BCUT2D eigenvalue weighted by Gasteiger charge is -2.13. The molecule has 0 amide bonds. The van der Waals surface area contributed by atoms with Gasteiger partial charge in [-0.3, -0.25) is 0 Å². The van der Waals surface area contributed by atoms with E-state index >= 15 is 0 Å². The van der Waals surface area contributed by atoms with Gasteiger partial charge >= 0.3 is 5.97 Å². The van der Waals surface area contributed by atoms with Crippen LogP contribution in [0.4, 0.5) is 0 Å². The standard InChI is InChI=1S/C24H22N2O3S/c1-15-6-4-5-7-18(15)13-26-16(2)20(24(27)28)12-22(26)21-14-30-23(25-21)17-8-10-19(29-3)11-9-17/h4-12,14H,13H2,1-3H3,(H,27,28). The van der Waals surface area contributed by atoms with Gasteiger partial charge in [0.25, 0.3) is 0 Å². The Bertz CT molecular complexity index is 1210. The predicted octanol–water partition coefficient (Wildman–Crippen LogP) is 5.65. The summed E-state index contributed by atoms with van der Waals surface area (Å²) < 4.78 is 7.26. The van der Waals surface area contributed by atoms with E-state index in [1.165, 1.54) is 16.9 Å². The Kier molecular flexibility index (Phi) is 5.42. The molecule has 0 bridgehead atoms. The molecule has 0 atom stereocenters. The third kappa shape index (κ3) is 3.74. The summed E-state index contributed by atoms with van der Waals surface area (Å²) in [4.78, 5) is 16.6. The summed E-state index contributed by atoms with van der Waals surface area (Å²) >= 11 is 1.54. The first-order valence-corrected chi connectivity index (χ1v) is 10.4. The first-order chi connectivity index (χ1) is 14.5. The maximum absolute atomic E-state index is 11.8. The number of rotatable bonds is 6. The largest absolute Gasteiger partial charge is 0.497 e. The molecule has 0 saturated heterocycles. The van der Waals surface area contributed by atoms with Gasteiger partial charge in [0.05, 0.1) is 24.1 Å². The highest BCUT2D eigenvalue weighted by Crippen LogP contribution is 2.32. The maximum atomic E-state index is 11.8. The van der Waals surface area contributed by atoms with E-state index in [1.807, 2.05) is 53.3 Å². The molecule has 2 heterocycles. The lowest BCUT2D eigenvalue weighted by molar-refractivity contribution is 0.0696. The minimum absolute atomic E-state index is 0.303. The minimum atomic E-state index is -0.928. The van der Waals surface area contributed by atoms with Gasteiger partial charge in [0.2, 0.25) is 0 Å². The topological polar surface area (TPSA) is 64.3 Å². The van der Waals surface area contributed by atoms with Crippen LogP contribution in [-0.4, -0.2) is 27.7 Å². The van der Waals surface area contributed by atoms with Crippen LogP contribution >= 0.6 is 11.3 Å². The van der Waals surface area contributed by atoms with Gasteiger partial charge in [-0.15, -0.1) is 11.3 Å². The molecular weight excluding hydrogens is 396 g/mol. The molecule has 2 aromatic carbocycles. The van der Waals surface area contributed by atoms with E-state index in [2.05, 4.69) is 19.1 Å². The van der Waals surface area contributed by atoms with Gasteiger partial charge in [0, 0.05) is 23.2 Å². The zero-order valence-corrected chi connectivity index (χ0v) is 17.9. The van der Waals surface area contributed by atoms with E-state index in [4.69, 9.17) is 9.72 Å². The Morgan fingerprint density at radius 3 is 2.53 bits per heavy atom. The second-order valence-corrected chi connectivity index (χ2v) is 7.97. The van der Waals surface area contributed by atoms with Gasteiger partial charge < -0.3 is 14.4 Å². The second kappa shape index (κ2) is 8.16. The number of aryl methyl sites for hydroxylation is 1. The van der Waals surface area contributed by atoms with E-state index < -0.39 is 5.97 Å². The molecule has 152 valence electrons. The first kappa shape index (κ1) is 19.9. The van der Waals surface area contributed by atoms with Crippen molar-refractivity contribution in [2.45, 2.75) is 20.4 Å². The number of hydrogen-bond acceptors (Lipinski definition) is 4. The molecule has 0 saturated carbocycles. The van der Waals surface area contributed by atoms with E-state index in [-0.39, 0.29) is 0 Å². The molecule has 5 nitrogen and oxygen atoms in total. The Hall–Kier alpha value is -3.38. The maximum Gasteiger partial charge on any atom is 0.337 e. The molecule has 0 fully saturated rings. The summed E-state index contributed by atoms with van der Waals surface area (Å²) in [7, 11) is 1.64. The van der Waals surface area contributed by atoms with Crippen LogP contribution in [0.3, 0.4) is 0 Å². The van der Waals surface area contributed by atoms with Crippen molar-refractivity contribution in [1.82, 2.24) is 9.55 Å². The summed E-state index contributed by atoms with van der Waals surface area (Å²) in [6.07, 6.45) is 0. The molecule has 4 rings (SSSR count). The van der Waals surface area contributed by atoms with Crippen molar-refractivity contribution in [2.75, 3.05) is 7.11 Å². The Morgan fingerprint density at radius 2 is 1.87 bits per heavy atom. The van der Waals surface area contributed by atoms with E-state index in [0.717, 1.165) is 39.0 Å². The average molecular weight is 419 g/mol. The number of carboxylic acids is 1. The SMILES string of the molecule is COc1ccc(-c2nc(-c3cc(C(=O)O)c(C)n3Cc3ccccc3C)cs2)cc1. The molecule has 0 radical (unpaired) electrons. The van der Waals surface area contributed by atoms with Crippen molar-refractivity contribution in [3.05, 3.63) is 82.4 Å². The highest BCUT2D eigenvalue weighted by molar-refractivity contribution is 7.13. The molecule has 0 unspecified atom stereocenters. The monoisotopic (exact) mass is 418 g/mol. The van der Waals surface area contributed by atoms with Crippen LogP contribution in [0.25, 0.3) is 22.0 Å². The fourth-order valence-corrected chi connectivity index (χ4v) is 4.31. The van der Waals surface area contributed by atoms with Crippen molar-refractivity contribution in [2.24, 2.45) is 0 Å². The Morgan fingerprint density at radius 1 is 1.13 bits per heavy atom. The lowest BCUT2D eigenvalue weighted by Crippen LogP contribution is -2.07. The van der Waals surface area contributed by atoms with Gasteiger partial charge in [-0.1, -0.05) is 24.3 Å². The van der Waals surface area contributed by atoms with Crippen LogP contribution in [0, 0.1) is 13.8 Å². The molecular formula is C24H22N2O3S. The molecule has 0 aliphatic carbocycles. The number of carbonyl (C=O) groups is 1. The van der Waals surface area contributed by atoms with Gasteiger partial charge in [0.15, 0.2) is 0 Å². The highest BCUT2D eigenvalue weighted by Gasteiger charge is 2.20. The van der Waals surface area contributed by atoms with Gasteiger partial charge in [-0.2, -0.15) is 0 Å². The summed E-state index contributed by atoms with van der Waals surface area (Å²) in [6, 6.07) is 17.6. The van der Waals surface area contributed by atoms with Crippen LogP contribution in [-0.2, 0) is 6.54 Å². The number of aromatic carboxylic acids is 1. The molecule has 6 heteroatoms. The second-order valence-electron chi connectivity index (χ2n) is 7.11. The molecule has 2 aromatic heterocycles. The highest BCUT2D eigenvalue weighted by atomic mass is 32.1. The van der Waals surface area contributed by atoms with Gasteiger partial charge in [0.1, 0.15) is 10.8 Å². The summed E-state index contributed by atoms with van der Waals surface area (Å²) in [6.45, 7) is 4.51. The first-order valence-electron chi connectivity index (χ1n) is 9.56. The van der Waals surface area contributed by atoms with Crippen molar-refractivity contribution in [3.8, 4) is 27.7 Å². The van der Waals surface area contributed by atoms with E-state index in [9.17, 15) is 9.90 Å². The number of carboxylic acid groups (broad SMARTS) is 1. The van der Waals surface area contributed by atoms with Crippen LogP contribution in [0.2, 0.25) is 0 Å². The number of ether oxygens (including phenoxy) is 1. The molecule has 0 aliphatic heterocycles. The lowest BCUT2D eigenvalue weighted by atomic mass is 10.1. The zero-order chi connectivity index (χ0) is 21.3. The van der Waals surface area contributed by atoms with Crippen molar-refractivity contribution < 1.29 is 14.6 Å². The van der Waals surface area contributed by atoms with E-state index in [0.29, 0.717) is 12.1 Å². The fraction of sp³-hybridized carbons (Fsp3) is 0.167.